The molecule has 1 saturated heterocycles. The second-order valence-electron chi connectivity index (χ2n) is 6.58. The van der Waals surface area contributed by atoms with E-state index in [0.717, 1.165) is 12.1 Å². The Morgan fingerprint density at radius 2 is 1.89 bits per heavy atom. The summed E-state index contributed by atoms with van der Waals surface area (Å²) in [5.41, 5.74) is -0.759. The summed E-state index contributed by atoms with van der Waals surface area (Å²) >= 11 is 0. The lowest BCUT2D eigenvalue weighted by molar-refractivity contribution is -0.137. The van der Waals surface area contributed by atoms with Crippen LogP contribution in [0.25, 0.3) is 0 Å². The Bertz CT molecular complexity index is 858. The van der Waals surface area contributed by atoms with E-state index in [1.807, 2.05) is 0 Å². The van der Waals surface area contributed by atoms with Crippen molar-refractivity contribution in [3.8, 4) is 0 Å². The summed E-state index contributed by atoms with van der Waals surface area (Å²) in [5, 5.41) is 8.85. The van der Waals surface area contributed by atoms with Gasteiger partial charge >= 0.3 is 12.2 Å². The first kappa shape index (κ1) is 19.7. The Kier molecular flexibility index (Phi) is 5.57. The molecule has 2 aromatic rings. The largest absolute Gasteiger partial charge is 0.416 e. The molecule has 1 aromatic heterocycles. The maximum atomic E-state index is 12.8. The lowest BCUT2D eigenvalue weighted by Gasteiger charge is -2.31. The Morgan fingerprint density at radius 3 is 2.50 bits per heavy atom. The molecule has 7 nitrogen and oxygen atoms in total. The number of likely N-dealkylation sites (tertiary alicyclic amines) is 1. The minimum atomic E-state index is -4.48. The minimum Gasteiger partial charge on any atom is -0.360 e. The third-order valence-corrected chi connectivity index (χ3v) is 4.47. The molecule has 0 aliphatic carbocycles. The summed E-state index contributed by atoms with van der Waals surface area (Å²) in [7, 11) is 0. The Hall–Kier alpha value is -3.04. The van der Waals surface area contributed by atoms with Crippen LogP contribution in [0.5, 0.6) is 0 Å². The fourth-order valence-corrected chi connectivity index (χ4v) is 2.97. The van der Waals surface area contributed by atoms with E-state index in [1.54, 1.807) is 13.0 Å². The van der Waals surface area contributed by atoms with Gasteiger partial charge in [-0.3, -0.25) is 4.79 Å². The fraction of sp³-hybridized carbons (Fsp3) is 0.389. The van der Waals surface area contributed by atoms with Crippen LogP contribution in [0.1, 0.15) is 24.2 Å². The molecule has 0 unspecified atom stereocenters. The van der Waals surface area contributed by atoms with Gasteiger partial charge in [0.05, 0.1) is 5.56 Å². The monoisotopic (exact) mass is 396 g/mol. The highest BCUT2D eigenvalue weighted by molar-refractivity contribution is 5.92. The average Bonchev–Trinajstić information content (AvgIpc) is 3.06. The van der Waals surface area contributed by atoms with E-state index in [-0.39, 0.29) is 17.5 Å². The van der Waals surface area contributed by atoms with Crippen LogP contribution in [-0.4, -0.2) is 35.1 Å². The second-order valence-corrected chi connectivity index (χ2v) is 6.58. The van der Waals surface area contributed by atoms with E-state index < -0.39 is 17.8 Å². The number of hydrogen-bond acceptors (Lipinski definition) is 4. The second kappa shape index (κ2) is 7.91. The third kappa shape index (κ3) is 4.81. The van der Waals surface area contributed by atoms with Gasteiger partial charge in [-0.1, -0.05) is 11.2 Å². The molecule has 0 saturated carbocycles. The van der Waals surface area contributed by atoms with Crippen LogP contribution in [-0.2, 0) is 11.0 Å². The van der Waals surface area contributed by atoms with Gasteiger partial charge in [0.15, 0.2) is 5.82 Å². The van der Waals surface area contributed by atoms with E-state index in [9.17, 15) is 22.8 Å². The maximum Gasteiger partial charge on any atom is 0.416 e. The summed E-state index contributed by atoms with van der Waals surface area (Å²) in [6.07, 6.45) is -3.59. The zero-order chi connectivity index (χ0) is 20.3. The molecule has 28 heavy (non-hydrogen) atoms. The van der Waals surface area contributed by atoms with Crippen molar-refractivity contribution in [2.24, 2.45) is 5.92 Å². The van der Waals surface area contributed by atoms with Crippen molar-refractivity contribution in [1.29, 1.82) is 0 Å². The van der Waals surface area contributed by atoms with Gasteiger partial charge < -0.3 is 20.1 Å². The molecule has 1 fully saturated rings. The summed E-state index contributed by atoms with van der Waals surface area (Å²) < 4.78 is 43.2. The van der Waals surface area contributed by atoms with Crippen LogP contribution in [0.4, 0.5) is 29.5 Å². The van der Waals surface area contributed by atoms with Gasteiger partial charge in [0.25, 0.3) is 0 Å². The topological polar surface area (TPSA) is 87.5 Å². The number of hydrogen-bond donors (Lipinski definition) is 2. The number of amides is 3. The van der Waals surface area contributed by atoms with Crippen LogP contribution in [0.2, 0.25) is 0 Å². The molecular formula is C18H19F3N4O3. The number of urea groups is 1. The van der Waals surface area contributed by atoms with Gasteiger partial charge in [-0.2, -0.15) is 13.2 Å². The molecule has 2 heterocycles. The number of anilines is 2. The molecule has 150 valence electrons. The molecule has 1 aromatic carbocycles. The number of piperidine rings is 1. The summed E-state index contributed by atoms with van der Waals surface area (Å²) in [4.78, 5) is 26.0. The van der Waals surface area contributed by atoms with Crippen LogP contribution in [0.15, 0.2) is 34.9 Å². The standard InChI is InChI=1S/C18H19F3N4O3/c1-11-9-15(24-28-11)23-16(26)12-5-7-25(8-6-12)17(27)22-14-4-2-3-13(10-14)18(19,20)21/h2-4,9-10,12H,5-8H2,1H3,(H,22,27)(H,23,24,26). The van der Waals surface area contributed by atoms with Crippen molar-refractivity contribution in [2.45, 2.75) is 25.9 Å². The number of nitrogens with zero attached hydrogens (tertiary/aromatic N) is 2. The van der Waals surface area contributed by atoms with Crippen LogP contribution in [0.3, 0.4) is 0 Å². The van der Waals surface area contributed by atoms with Crippen molar-refractivity contribution in [3.63, 3.8) is 0 Å². The van der Waals surface area contributed by atoms with Crippen molar-refractivity contribution in [3.05, 3.63) is 41.7 Å². The first-order valence-corrected chi connectivity index (χ1v) is 8.70. The Labute approximate surface area is 158 Å². The van der Waals surface area contributed by atoms with E-state index in [4.69, 9.17) is 4.52 Å². The summed E-state index contributed by atoms with van der Waals surface area (Å²) in [6.45, 7) is 2.35. The molecule has 3 amide bonds. The zero-order valence-corrected chi connectivity index (χ0v) is 15.0. The highest BCUT2D eigenvalue weighted by atomic mass is 19.4. The number of rotatable bonds is 3. The van der Waals surface area contributed by atoms with Crippen molar-refractivity contribution >= 4 is 23.4 Å². The number of carbonyl (C=O) groups excluding carboxylic acids is 2. The maximum absolute atomic E-state index is 12.8. The SMILES string of the molecule is Cc1cc(NC(=O)C2CCN(C(=O)Nc3cccc(C(F)(F)F)c3)CC2)no1. The van der Waals surface area contributed by atoms with Crippen LogP contribution < -0.4 is 10.6 Å². The van der Waals surface area contributed by atoms with Gasteiger partial charge in [0.1, 0.15) is 5.76 Å². The van der Waals surface area contributed by atoms with Gasteiger partial charge in [-0.15, -0.1) is 0 Å². The van der Waals surface area contributed by atoms with Crippen LogP contribution in [0, 0.1) is 12.8 Å². The zero-order valence-electron chi connectivity index (χ0n) is 15.0. The van der Waals surface area contributed by atoms with Gasteiger partial charge in [-0.25, -0.2) is 4.79 Å². The fourth-order valence-electron chi connectivity index (χ4n) is 2.97. The molecule has 10 heteroatoms. The van der Waals surface area contributed by atoms with E-state index in [1.165, 1.54) is 17.0 Å². The first-order valence-electron chi connectivity index (χ1n) is 8.70. The van der Waals surface area contributed by atoms with Gasteiger partial charge in [0, 0.05) is 30.8 Å². The normalized spacial score (nSPS) is 15.4. The number of alkyl halides is 3. The number of benzene rings is 1. The number of aromatic nitrogens is 1. The van der Waals surface area contributed by atoms with E-state index in [2.05, 4.69) is 15.8 Å². The third-order valence-electron chi connectivity index (χ3n) is 4.47. The number of nitrogens with one attached hydrogen (secondary N) is 2. The molecular weight excluding hydrogens is 377 g/mol. The average molecular weight is 396 g/mol. The highest BCUT2D eigenvalue weighted by Gasteiger charge is 2.31. The predicted molar refractivity (Wildman–Crippen MR) is 94.6 cm³/mol. The van der Waals surface area contributed by atoms with Crippen LogP contribution >= 0.6 is 0 Å². The van der Waals surface area contributed by atoms with E-state index in [0.29, 0.717) is 37.5 Å². The van der Waals surface area contributed by atoms with Crippen molar-refractivity contribution in [1.82, 2.24) is 10.1 Å². The molecule has 0 bridgehead atoms. The number of carbonyl (C=O) groups is 2. The minimum absolute atomic E-state index is 0.0705. The molecule has 3 rings (SSSR count). The lowest BCUT2D eigenvalue weighted by atomic mass is 9.96. The summed E-state index contributed by atoms with van der Waals surface area (Å²) in [6, 6.07) is 5.57. The Morgan fingerprint density at radius 1 is 1.18 bits per heavy atom. The predicted octanol–water partition coefficient (Wildman–Crippen LogP) is 3.88. The highest BCUT2D eigenvalue weighted by Crippen LogP contribution is 2.30. The first-order chi connectivity index (χ1) is 13.2. The number of aryl methyl sites for hydroxylation is 1. The lowest BCUT2D eigenvalue weighted by Crippen LogP contribution is -2.43. The van der Waals surface area contributed by atoms with E-state index >= 15 is 0 Å². The van der Waals surface area contributed by atoms with Gasteiger partial charge in [0.2, 0.25) is 5.91 Å². The molecule has 1 aliphatic rings. The van der Waals surface area contributed by atoms with Gasteiger partial charge in [-0.05, 0) is 38.0 Å². The molecule has 0 radical (unpaired) electrons. The Balaban J connectivity index is 1.52. The number of halogens is 3. The smallest absolute Gasteiger partial charge is 0.360 e. The summed E-state index contributed by atoms with van der Waals surface area (Å²) in [5.74, 6) is 0.435. The molecule has 0 atom stereocenters. The van der Waals surface area contributed by atoms with Crippen molar-refractivity contribution in [2.75, 3.05) is 23.7 Å². The molecule has 0 spiro atoms. The van der Waals surface area contributed by atoms with Crippen molar-refractivity contribution < 1.29 is 27.3 Å². The quantitative estimate of drug-likeness (QED) is 0.824. The molecule has 2 N–H and O–H groups in total. The molecule has 1 aliphatic heterocycles.